The van der Waals surface area contributed by atoms with Crippen LogP contribution in [0.5, 0.6) is 0 Å². The molecule has 2 N–H and O–H groups in total. The zero-order chi connectivity index (χ0) is 27.3. The van der Waals surface area contributed by atoms with Gasteiger partial charge in [0.15, 0.2) is 5.78 Å². The van der Waals surface area contributed by atoms with Crippen molar-refractivity contribution in [3.63, 3.8) is 0 Å². The molecule has 4 atom stereocenters. The van der Waals surface area contributed by atoms with Crippen molar-refractivity contribution in [2.75, 3.05) is 13.6 Å². The van der Waals surface area contributed by atoms with Gasteiger partial charge in [0.2, 0.25) is 11.8 Å². The maximum atomic E-state index is 13.0. The first-order valence-corrected chi connectivity index (χ1v) is 8.17. The van der Waals surface area contributed by atoms with Crippen molar-refractivity contribution in [2.24, 2.45) is 11.8 Å². The van der Waals surface area contributed by atoms with Crippen LogP contribution in [0, 0.1) is 11.8 Å². The number of carbonyl (C=O) groups is 3. The Hall–Kier alpha value is -2.21. The third-order valence-corrected chi connectivity index (χ3v) is 4.25. The standard InChI is InChI=1S/C20H28N2O4/c1-12(2)18(24)16(23)11-13(3)19(25)21-17-15-8-6-5-7-14(15)9-10-22(4)20(17)26/h5-8,12-13,17-18,24H,9-11H2,1-4H3,(H,21,25)/t13-,17+,18+/m1/s1/i1D3,5D,6D,7D,8D,12D,18D/t12?,13-,17+,18+. The summed E-state index contributed by atoms with van der Waals surface area (Å²) in [6, 6.07) is -3.35. The number of nitrogens with one attached hydrogen (secondary N) is 1. The lowest BCUT2D eigenvalue weighted by molar-refractivity contribution is -0.137. The van der Waals surface area contributed by atoms with Crippen LogP contribution >= 0.6 is 0 Å². The number of rotatable bonds is 6. The number of hydrogen-bond donors (Lipinski definition) is 2. The van der Waals surface area contributed by atoms with Crippen LogP contribution in [0.3, 0.4) is 0 Å². The summed E-state index contributed by atoms with van der Waals surface area (Å²) in [6.07, 6.45) is -4.04. The number of amides is 2. The van der Waals surface area contributed by atoms with Gasteiger partial charge in [-0.2, -0.15) is 0 Å². The summed E-state index contributed by atoms with van der Waals surface area (Å²) < 4.78 is 70.0. The number of likely N-dealkylation sites (N-methyl/N-ethyl adjacent to an activating group) is 1. The fourth-order valence-corrected chi connectivity index (χ4v) is 2.62. The first-order valence-electron chi connectivity index (χ1n) is 12.7. The highest BCUT2D eigenvalue weighted by Gasteiger charge is 2.32. The third kappa shape index (κ3) is 4.49. The molecule has 0 saturated heterocycles. The lowest BCUT2D eigenvalue weighted by Crippen LogP contribution is -2.43. The van der Waals surface area contributed by atoms with Crippen molar-refractivity contribution >= 4 is 17.6 Å². The molecular weight excluding hydrogens is 332 g/mol. The Bertz CT molecular complexity index is 1060. The van der Waals surface area contributed by atoms with Gasteiger partial charge in [-0.25, -0.2) is 0 Å². The van der Waals surface area contributed by atoms with Crippen molar-refractivity contribution in [1.29, 1.82) is 0 Å². The Kier molecular flexibility index (Phi) is 3.52. The first-order chi connectivity index (χ1) is 15.8. The van der Waals surface area contributed by atoms with Crippen LogP contribution < -0.4 is 5.32 Å². The molecule has 6 nitrogen and oxygen atoms in total. The maximum absolute atomic E-state index is 13.0. The molecule has 2 amide bonds. The van der Waals surface area contributed by atoms with Gasteiger partial charge in [0.25, 0.3) is 0 Å². The largest absolute Gasteiger partial charge is 0.385 e. The molecule has 0 fully saturated rings. The van der Waals surface area contributed by atoms with E-state index in [1.807, 2.05) is 0 Å². The average molecular weight is 370 g/mol. The molecule has 1 aromatic rings. The molecule has 0 bridgehead atoms. The average Bonchev–Trinajstić information content (AvgIpc) is 2.87. The molecule has 0 spiro atoms. The smallest absolute Gasteiger partial charge is 0.249 e. The van der Waals surface area contributed by atoms with Gasteiger partial charge in [0.05, 0.1) is 6.85 Å². The Morgan fingerprint density at radius 3 is 2.85 bits per heavy atom. The highest BCUT2D eigenvalue weighted by atomic mass is 16.3. The SMILES string of the molecule is [2H]c1c([2H])c([2H])c2c(c1[2H])CCN(C)C(=O)[C@H]2NC(=O)[C@H](C)CC(=O)[C@@]([2H])(O)C([2H])(C)C([2H])([2H])[2H]. The quantitative estimate of drug-likeness (QED) is 0.795. The number of nitrogens with zero attached hydrogens (tertiary/aromatic N) is 1. The van der Waals surface area contributed by atoms with Gasteiger partial charge in [0.1, 0.15) is 12.1 Å². The topological polar surface area (TPSA) is 86.7 Å². The molecule has 1 aliphatic heterocycles. The lowest BCUT2D eigenvalue weighted by atomic mass is 9.94. The highest BCUT2D eigenvalue weighted by molar-refractivity contribution is 5.92. The summed E-state index contributed by atoms with van der Waals surface area (Å²) in [6.45, 7) is -1.07. The number of ketones is 1. The molecule has 26 heavy (non-hydrogen) atoms. The minimum absolute atomic E-state index is 0.0876. The summed E-state index contributed by atoms with van der Waals surface area (Å²) in [5.74, 6) is -7.07. The number of aliphatic hydroxyl groups is 1. The molecule has 0 saturated carbocycles. The zero-order valence-electron chi connectivity index (χ0n) is 23.9. The van der Waals surface area contributed by atoms with Crippen LogP contribution in [-0.2, 0) is 20.8 Å². The lowest BCUT2D eigenvalue weighted by Gasteiger charge is -2.24. The predicted octanol–water partition coefficient (Wildman–Crippen LogP) is 1.47. The van der Waals surface area contributed by atoms with Gasteiger partial charge in [-0.05, 0) is 23.4 Å². The molecule has 1 unspecified atom stereocenters. The summed E-state index contributed by atoms with van der Waals surface area (Å²) >= 11 is 0. The minimum Gasteiger partial charge on any atom is -0.385 e. The number of benzene rings is 1. The monoisotopic (exact) mass is 369 g/mol. The Balaban J connectivity index is 2.37. The van der Waals surface area contributed by atoms with Gasteiger partial charge in [-0.15, -0.1) is 0 Å². The van der Waals surface area contributed by atoms with E-state index in [-0.39, 0.29) is 30.1 Å². The third-order valence-electron chi connectivity index (χ3n) is 4.25. The van der Waals surface area contributed by atoms with E-state index in [1.165, 1.54) is 18.9 Å². The molecule has 1 aliphatic rings. The second kappa shape index (κ2) is 8.45. The fourth-order valence-electron chi connectivity index (χ4n) is 2.62. The summed E-state index contributed by atoms with van der Waals surface area (Å²) in [4.78, 5) is 39.7. The van der Waals surface area contributed by atoms with Crippen molar-refractivity contribution in [3.05, 3.63) is 35.3 Å². The number of Topliss-reactive ketones (excluding diaryl/α,β-unsaturated/α-hetero) is 1. The Morgan fingerprint density at radius 1 is 1.46 bits per heavy atom. The molecule has 0 aromatic heterocycles. The van der Waals surface area contributed by atoms with E-state index >= 15 is 0 Å². The number of fused-ring (bicyclic) bond motifs is 1. The van der Waals surface area contributed by atoms with Crippen molar-refractivity contribution in [2.45, 2.75) is 45.7 Å². The second-order valence-electron chi connectivity index (χ2n) is 6.35. The molecule has 1 heterocycles. The van der Waals surface area contributed by atoms with E-state index in [4.69, 9.17) is 12.3 Å². The van der Waals surface area contributed by atoms with Crippen LogP contribution in [0.2, 0.25) is 0 Å². The van der Waals surface area contributed by atoms with Crippen molar-refractivity contribution in [3.8, 4) is 0 Å². The number of hydrogen-bond acceptors (Lipinski definition) is 4. The van der Waals surface area contributed by atoms with Crippen LogP contribution in [-0.4, -0.2) is 47.3 Å². The highest BCUT2D eigenvalue weighted by Crippen LogP contribution is 2.25. The van der Waals surface area contributed by atoms with Crippen LogP contribution in [0.1, 0.15) is 56.6 Å². The second-order valence-corrected chi connectivity index (χ2v) is 6.35. The van der Waals surface area contributed by atoms with Crippen molar-refractivity contribution < 1.29 is 31.8 Å². The predicted molar refractivity (Wildman–Crippen MR) is 98.3 cm³/mol. The van der Waals surface area contributed by atoms with Crippen molar-refractivity contribution in [1.82, 2.24) is 10.2 Å². The first kappa shape index (κ1) is 10.8. The van der Waals surface area contributed by atoms with E-state index in [0.717, 1.165) is 6.92 Å². The number of carbonyl (C=O) groups excluding carboxylic acids is 3. The summed E-state index contributed by atoms with van der Waals surface area (Å²) in [7, 11) is 1.45. The normalized spacial score (nSPS) is 28.5. The molecular formula is C20H28N2O4. The minimum atomic E-state index is -3.35. The Labute approximate surface area is 167 Å². The van der Waals surface area contributed by atoms with E-state index in [9.17, 15) is 19.5 Å². The maximum Gasteiger partial charge on any atom is 0.249 e. The molecule has 0 aliphatic carbocycles. The van der Waals surface area contributed by atoms with Gasteiger partial charge < -0.3 is 15.3 Å². The van der Waals surface area contributed by atoms with Gasteiger partial charge in [-0.3, -0.25) is 14.4 Å². The molecule has 142 valence electrons. The molecule has 6 heteroatoms. The summed E-state index contributed by atoms with van der Waals surface area (Å²) in [5.41, 5.74) is 0.0845. The fraction of sp³-hybridized carbons (Fsp3) is 0.550. The van der Waals surface area contributed by atoms with Crippen LogP contribution in [0.15, 0.2) is 24.2 Å². The molecule has 2 rings (SSSR count). The Morgan fingerprint density at radius 2 is 2.15 bits per heavy atom. The molecule has 1 aromatic carbocycles. The van der Waals surface area contributed by atoms with Gasteiger partial charge in [-0.1, -0.05) is 44.9 Å². The van der Waals surface area contributed by atoms with Crippen LogP contribution in [0.25, 0.3) is 0 Å². The van der Waals surface area contributed by atoms with E-state index in [2.05, 4.69) is 5.32 Å². The zero-order valence-corrected chi connectivity index (χ0v) is 14.9. The van der Waals surface area contributed by atoms with Crippen LogP contribution in [0.4, 0.5) is 0 Å². The molecule has 0 radical (unpaired) electrons. The van der Waals surface area contributed by atoms with E-state index in [0.29, 0.717) is 0 Å². The van der Waals surface area contributed by atoms with Gasteiger partial charge >= 0.3 is 0 Å². The van der Waals surface area contributed by atoms with Gasteiger partial charge in [0, 0.05) is 31.4 Å². The van der Waals surface area contributed by atoms with E-state index < -0.39 is 72.9 Å². The summed E-state index contributed by atoms with van der Waals surface area (Å²) in [5, 5.41) is 12.7. The van der Waals surface area contributed by atoms with E-state index in [1.54, 1.807) is 0 Å².